The summed E-state index contributed by atoms with van der Waals surface area (Å²) >= 11 is 0. The van der Waals surface area contributed by atoms with Gasteiger partial charge in [-0.05, 0) is 42.0 Å². The van der Waals surface area contributed by atoms with Gasteiger partial charge >= 0.3 is 0 Å². The van der Waals surface area contributed by atoms with Crippen LogP contribution in [0.1, 0.15) is 21.5 Å². The van der Waals surface area contributed by atoms with Gasteiger partial charge in [0.15, 0.2) is 5.78 Å². The first-order valence-corrected chi connectivity index (χ1v) is 6.46. The molecule has 2 aromatic carbocycles. The molecule has 2 N–H and O–H groups in total. The summed E-state index contributed by atoms with van der Waals surface area (Å²) in [6.45, 7) is 0. The minimum Gasteiger partial charge on any atom is -0.396 e. The van der Waals surface area contributed by atoms with Crippen LogP contribution in [0.4, 0.5) is 15.8 Å². The molecule has 0 aromatic heterocycles. The highest BCUT2D eigenvalue weighted by Gasteiger charge is 2.25. The molecule has 0 radical (unpaired) electrons. The summed E-state index contributed by atoms with van der Waals surface area (Å²) in [6.07, 6.45) is 0.281. The van der Waals surface area contributed by atoms with E-state index in [4.69, 9.17) is 5.73 Å². The second kappa shape index (κ2) is 4.70. The van der Waals surface area contributed by atoms with E-state index >= 15 is 0 Å². The summed E-state index contributed by atoms with van der Waals surface area (Å²) in [7, 11) is 1.70. The van der Waals surface area contributed by atoms with Crippen molar-refractivity contribution < 1.29 is 14.0 Å². The lowest BCUT2D eigenvalue weighted by atomic mass is 10.00. The van der Waals surface area contributed by atoms with Gasteiger partial charge in [-0.2, -0.15) is 0 Å². The van der Waals surface area contributed by atoms with E-state index in [1.807, 2.05) is 0 Å². The summed E-state index contributed by atoms with van der Waals surface area (Å²) in [4.78, 5) is 25.6. The largest absolute Gasteiger partial charge is 0.396 e. The fraction of sp³-hybridized carbons (Fsp3) is 0.125. The Labute approximate surface area is 121 Å². The molecule has 1 aliphatic heterocycles. The number of carbonyl (C=O) groups excluding carboxylic acids is 2. The Morgan fingerprint density at radius 2 is 1.86 bits per heavy atom. The highest BCUT2D eigenvalue weighted by molar-refractivity contribution is 6.10. The van der Waals surface area contributed by atoms with Crippen LogP contribution in [0.5, 0.6) is 0 Å². The van der Waals surface area contributed by atoms with Gasteiger partial charge < -0.3 is 10.6 Å². The predicted molar refractivity (Wildman–Crippen MR) is 77.8 cm³/mol. The monoisotopic (exact) mass is 284 g/mol. The van der Waals surface area contributed by atoms with Gasteiger partial charge in [-0.3, -0.25) is 9.59 Å². The SMILES string of the molecule is CN1C(=O)Cc2cc(C(=O)c3ccc(N)c(F)c3)ccc21. The van der Waals surface area contributed by atoms with E-state index in [-0.39, 0.29) is 29.4 Å². The second-order valence-corrected chi connectivity index (χ2v) is 5.04. The van der Waals surface area contributed by atoms with Crippen molar-refractivity contribution in [2.75, 3.05) is 17.7 Å². The Bertz CT molecular complexity index is 771. The minimum atomic E-state index is -0.614. The van der Waals surface area contributed by atoms with Gasteiger partial charge in [0.05, 0.1) is 12.1 Å². The van der Waals surface area contributed by atoms with Crippen molar-refractivity contribution in [3.63, 3.8) is 0 Å². The first-order chi connectivity index (χ1) is 9.97. The Hall–Kier alpha value is -2.69. The lowest BCUT2D eigenvalue weighted by molar-refractivity contribution is -0.117. The summed E-state index contributed by atoms with van der Waals surface area (Å²) in [6, 6.07) is 9.06. The van der Waals surface area contributed by atoms with Crippen LogP contribution in [0.15, 0.2) is 36.4 Å². The molecule has 0 unspecified atom stereocenters. The molecule has 3 rings (SSSR count). The third-order valence-corrected chi connectivity index (χ3v) is 3.68. The fourth-order valence-electron chi connectivity index (χ4n) is 2.45. The first-order valence-electron chi connectivity index (χ1n) is 6.46. The number of carbonyl (C=O) groups is 2. The minimum absolute atomic E-state index is 0.00636. The van der Waals surface area contributed by atoms with Gasteiger partial charge in [-0.15, -0.1) is 0 Å². The topological polar surface area (TPSA) is 63.4 Å². The van der Waals surface area contributed by atoms with Crippen LogP contribution in [0.3, 0.4) is 0 Å². The molecule has 0 saturated carbocycles. The lowest BCUT2D eigenvalue weighted by Gasteiger charge is -2.10. The number of hydrogen-bond acceptors (Lipinski definition) is 3. The summed E-state index contributed by atoms with van der Waals surface area (Å²) < 4.78 is 13.4. The average Bonchev–Trinajstić information content (AvgIpc) is 2.76. The second-order valence-electron chi connectivity index (χ2n) is 5.04. The van der Waals surface area contributed by atoms with Crippen molar-refractivity contribution in [2.45, 2.75) is 6.42 Å². The molecular weight excluding hydrogens is 271 g/mol. The van der Waals surface area contributed by atoms with Crippen LogP contribution in [-0.2, 0) is 11.2 Å². The van der Waals surface area contributed by atoms with Gasteiger partial charge in [0.25, 0.3) is 0 Å². The van der Waals surface area contributed by atoms with E-state index in [1.165, 1.54) is 12.1 Å². The van der Waals surface area contributed by atoms with Gasteiger partial charge in [-0.1, -0.05) is 0 Å². The zero-order valence-electron chi connectivity index (χ0n) is 11.4. The average molecular weight is 284 g/mol. The first kappa shape index (κ1) is 13.3. The molecule has 0 atom stereocenters. The molecule has 0 spiro atoms. The van der Waals surface area contributed by atoms with Gasteiger partial charge in [-0.25, -0.2) is 4.39 Å². The van der Waals surface area contributed by atoms with Crippen LogP contribution in [0, 0.1) is 5.82 Å². The Balaban J connectivity index is 1.98. The van der Waals surface area contributed by atoms with Crippen LogP contribution in [0.2, 0.25) is 0 Å². The number of anilines is 2. The number of nitrogen functional groups attached to an aromatic ring is 1. The maximum atomic E-state index is 13.4. The predicted octanol–water partition coefficient (Wildman–Crippen LogP) is 2.16. The number of amides is 1. The number of benzene rings is 2. The number of halogens is 1. The number of nitrogens with zero attached hydrogens (tertiary/aromatic N) is 1. The number of nitrogens with two attached hydrogens (primary N) is 1. The quantitative estimate of drug-likeness (QED) is 0.679. The number of rotatable bonds is 2. The zero-order valence-corrected chi connectivity index (χ0v) is 11.4. The van der Waals surface area contributed by atoms with Crippen LogP contribution < -0.4 is 10.6 Å². The number of ketones is 1. The molecule has 21 heavy (non-hydrogen) atoms. The van der Waals surface area contributed by atoms with Crippen molar-refractivity contribution in [3.8, 4) is 0 Å². The van der Waals surface area contributed by atoms with E-state index in [1.54, 1.807) is 30.1 Å². The molecule has 0 bridgehead atoms. The van der Waals surface area contributed by atoms with Gasteiger partial charge in [0.2, 0.25) is 5.91 Å². The zero-order chi connectivity index (χ0) is 15.1. The van der Waals surface area contributed by atoms with Crippen molar-refractivity contribution in [2.24, 2.45) is 0 Å². The number of fused-ring (bicyclic) bond motifs is 1. The molecular formula is C16H13FN2O2. The molecule has 1 aliphatic rings. The molecule has 1 heterocycles. The summed E-state index contributed by atoms with van der Waals surface area (Å²) in [5, 5.41) is 0. The van der Waals surface area contributed by atoms with Crippen molar-refractivity contribution >= 4 is 23.1 Å². The molecule has 5 heteroatoms. The third-order valence-electron chi connectivity index (χ3n) is 3.68. The van der Waals surface area contributed by atoms with E-state index in [0.717, 1.165) is 17.3 Å². The van der Waals surface area contributed by atoms with Crippen molar-refractivity contribution in [3.05, 3.63) is 58.9 Å². The molecule has 1 amide bonds. The Morgan fingerprint density at radius 3 is 2.57 bits per heavy atom. The van der Waals surface area contributed by atoms with E-state index in [9.17, 15) is 14.0 Å². The molecule has 0 fully saturated rings. The standard InChI is InChI=1S/C16H13FN2O2/c1-19-14-5-3-9(6-11(14)8-15(19)20)16(21)10-2-4-13(18)12(17)7-10/h2-7H,8,18H2,1H3. The summed E-state index contributed by atoms with van der Waals surface area (Å²) in [5.41, 5.74) is 7.69. The molecule has 4 nitrogen and oxygen atoms in total. The van der Waals surface area contributed by atoms with Crippen molar-refractivity contribution in [1.82, 2.24) is 0 Å². The van der Waals surface area contributed by atoms with E-state index in [0.29, 0.717) is 5.56 Å². The van der Waals surface area contributed by atoms with E-state index in [2.05, 4.69) is 0 Å². The van der Waals surface area contributed by atoms with Gasteiger partial charge in [0, 0.05) is 23.9 Å². The lowest BCUT2D eigenvalue weighted by Crippen LogP contribution is -2.20. The number of hydrogen-bond donors (Lipinski definition) is 1. The normalized spacial score (nSPS) is 13.4. The maximum absolute atomic E-state index is 13.4. The van der Waals surface area contributed by atoms with Crippen LogP contribution >= 0.6 is 0 Å². The van der Waals surface area contributed by atoms with Crippen LogP contribution in [0.25, 0.3) is 0 Å². The van der Waals surface area contributed by atoms with E-state index < -0.39 is 5.82 Å². The molecule has 106 valence electrons. The smallest absolute Gasteiger partial charge is 0.231 e. The highest BCUT2D eigenvalue weighted by Crippen LogP contribution is 2.29. The Kier molecular flexibility index (Phi) is 2.97. The van der Waals surface area contributed by atoms with Crippen molar-refractivity contribution in [1.29, 1.82) is 0 Å². The van der Waals surface area contributed by atoms with Crippen LogP contribution in [-0.4, -0.2) is 18.7 Å². The van der Waals surface area contributed by atoms with Gasteiger partial charge in [0.1, 0.15) is 5.82 Å². The molecule has 0 aliphatic carbocycles. The molecule has 0 saturated heterocycles. The maximum Gasteiger partial charge on any atom is 0.231 e. The summed E-state index contributed by atoms with van der Waals surface area (Å²) in [5.74, 6) is -0.913. The fourth-order valence-corrected chi connectivity index (χ4v) is 2.45. The molecule has 2 aromatic rings. The third kappa shape index (κ3) is 2.16. The number of likely N-dealkylation sites (N-methyl/N-ethyl adjacent to an activating group) is 1. The highest BCUT2D eigenvalue weighted by atomic mass is 19.1. The Morgan fingerprint density at radius 1 is 1.19 bits per heavy atom.